The molecule has 1 heterocycles. The number of carboxylic acid groups (broad SMARTS) is 1. The van der Waals surface area contributed by atoms with Crippen molar-refractivity contribution in [1.29, 1.82) is 5.26 Å². The Bertz CT molecular complexity index is 694. The molecule has 2 aromatic rings. The molecule has 1 aliphatic carbocycles. The zero-order valence-corrected chi connectivity index (χ0v) is 10.3. The van der Waals surface area contributed by atoms with Gasteiger partial charge in [-0.05, 0) is 41.7 Å². The maximum atomic E-state index is 11.0. The first-order valence-corrected chi connectivity index (χ1v) is 6.40. The molecule has 88 valence electrons. The Morgan fingerprint density at radius 1 is 1.39 bits per heavy atom. The number of fused-ring (bicyclic) bond motifs is 3. The molecule has 0 atom stereocenters. The van der Waals surface area contributed by atoms with E-state index in [2.05, 4.69) is 6.07 Å². The summed E-state index contributed by atoms with van der Waals surface area (Å²) in [7, 11) is 0. The maximum absolute atomic E-state index is 11.0. The minimum absolute atomic E-state index is 0.371. The molecule has 0 aliphatic heterocycles. The number of carbonyl (C=O) groups is 1. The van der Waals surface area contributed by atoms with E-state index in [1.807, 2.05) is 18.2 Å². The van der Waals surface area contributed by atoms with Crippen LogP contribution in [0.4, 0.5) is 0 Å². The van der Waals surface area contributed by atoms with Crippen LogP contribution >= 0.6 is 11.3 Å². The van der Waals surface area contributed by atoms with Gasteiger partial charge in [0.2, 0.25) is 0 Å². The molecule has 3 nitrogen and oxygen atoms in total. The van der Waals surface area contributed by atoms with Crippen molar-refractivity contribution in [2.45, 2.75) is 12.8 Å². The van der Waals surface area contributed by atoms with E-state index >= 15 is 0 Å². The summed E-state index contributed by atoms with van der Waals surface area (Å²) >= 11 is 1.30. The van der Waals surface area contributed by atoms with Gasteiger partial charge >= 0.3 is 5.97 Å². The summed E-state index contributed by atoms with van der Waals surface area (Å²) in [4.78, 5) is 12.4. The second kappa shape index (κ2) is 3.97. The minimum atomic E-state index is -0.882. The van der Waals surface area contributed by atoms with E-state index in [1.54, 1.807) is 6.07 Å². The largest absolute Gasteiger partial charge is 0.477 e. The molecule has 0 spiro atoms. The van der Waals surface area contributed by atoms with Crippen LogP contribution in [0.15, 0.2) is 24.3 Å². The highest BCUT2D eigenvalue weighted by Crippen LogP contribution is 2.40. The molecular weight excluding hydrogens is 246 g/mol. The first kappa shape index (κ1) is 11.0. The number of carboxylic acids is 1. The average molecular weight is 255 g/mol. The number of thiophene rings is 1. The lowest BCUT2D eigenvalue weighted by Crippen LogP contribution is -2.03. The Kier molecular flexibility index (Phi) is 2.42. The zero-order valence-electron chi connectivity index (χ0n) is 9.43. The third-order valence-electron chi connectivity index (χ3n) is 3.21. The van der Waals surface area contributed by atoms with Crippen LogP contribution in [0.3, 0.4) is 0 Å². The Morgan fingerprint density at radius 2 is 2.22 bits per heavy atom. The highest BCUT2D eigenvalue weighted by atomic mass is 32.1. The number of hydrogen-bond acceptors (Lipinski definition) is 3. The third-order valence-corrected chi connectivity index (χ3v) is 4.40. The SMILES string of the molecule is N#Cc1cccc2c1CCc1cc(C(=O)O)sc1-2. The summed E-state index contributed by atoms with van der Waals surface area (Å²) in [5.74, 6) is -0.882. The van der Waals surface area contributed by atoms with E-state index in [9.17, 15) is 4.79 Å². The van der Waals surface area contributed by atoms with E-state index in [0.29, 0.717) is 10.4 Å². The van der Waals surface area contributed by atoms with Crippen LogP contribution in [0, 0.1) is 11.3 Å². The lowest BCUT2D eigenvalue weighted by molar-refractivity contribution is 0.0702. The van der Waals surface area contributed by atoms with Gasteiger partial charge in [0.05, 0.1) is 11.6 Å². The van der Waals surface area contributed by atoms with Crippen molar-refractivity contribution in [1.82, 2.24) is 0 Å². The first-order valence-electron chi connectivity index (χ1n) is 5.59. The molecule has 0 fully saturated rings. The predicted molar refractivity (Wildman–Crippen MR) is 68.8 cm³/mol. The molecule has 0 bridgehead atoms. The number of nitriles is 1. The van der Waals surface area contributed by atoms with Crippen LogP contribution in [0.1, 0.15) is 26.4 Å². The van der Waals surface area contributed by atoms with Gasteiger partial charge in [0.25, 0.3) is 0 Å². The van der Waals surface area contributed by atoms with Crippen molar-refractivity contribution in [3.63, 3.8) is 0 Å². The molecule has 1 N–H and O–H groups in total. The van der Waals surface area contributed by atoms with E-state index < -0.39 is 5.97 Å². The van der Waals surface area contributed by atoms with Crippen molar-refractivity contribution in [3.8, 4) is 16.5 Å². The molecule has 0 radical (unpaired) electrons. The number of hydrogen-bond donors (Lipinski definition) is 1. The Morgan fingerprint density at radius 3 is 2.94 bits per heavy atom. The molecule has 1 aromatic heterocycles. The first-order chi connectivity index (χ1) is 8.70. The molecule has 1 aromatic carbocycles. The summed E-state index contributed by atoms with van der Waals surface area (Å²) in [6.07, 6.45) is 1.62. The quantitative estimate of drug-likeness (QED) is 0.851. The smallest absolute Gasteiger partial charge is 0.345 e. The molecule has 0 unspecified atom stereocenters. The summed E-state index contributed by atoms with van der Waals surface area (Å²) in [6, 6.07) is 9.60. The minimum Gasteiger partial charge on any atom is -0.477 e. The van der Waals surface area contributed by atoms with Crippen LogP contribution in [0.25, 0.3) is 10.4 Å². The summed E-state index contributed by atoms with van der Waals surface area (Å²) in [5.41, 5.74) is 3.85. The predicted octanol–water partition coefficient (Wildman–Crippen LogP) is 3.08. The van der Waals surface area contributed by atoms with Crippen LogP contribution in [-0.4, -0.2) is 11.1 Å². The fraction of sp³-hybridized carbons (Fsp3) is 0.143. The van der Waals surface area contributed by atoms with Gasteiger partial charge in [0, 0.05) is 4.88 Å². The summed E-state index contributed by atoms with van der Waals surface area (Å²) in [6.45, 7) is 0. The molecular formula is C14H9NO2S. The molecule has 0 saturated heterocycles. The van der Waals surface area contributed by atoms with Gasteiger partial charge in [0.15, 0.2) is 0 Å². The lowest BCUT2D eigenvalue weighted by Gasteiger charge is -2.16. The van der Waals surface area contributed by atoms with Crippen molar-refractivity contribution < 1.29 is 9.90 Å². The highest BCUT2D eigenvalue weighted by Gasteiger charge is 2.22. The fourth-order valence-corrected chi connectivity index (χ4v) is 3.48. The molecule has 3 rings (SSSR count). The fourth-order valence-electron chi connectivity index (χ4n) is 2.38. The van der Waals surface area contributed by atoms with Crippen LogP contribution < -0.4 is 0 Å². The van der Waals surface area contributed by atoms with E-state index in [4.69, 9.17) is 10.4 Å². The Hall–Kier alpha value is -2.12. The zero-order chi connectivity index (χ0) is 12.7. The number of benzene rings is 1. The van der Waals surface area contributed by atoms with Gasteiger partial charge in [-0.2, -0.15) is 5.26 Å². The van der Waals surface area contributed by atoms with Gasteiger partial charge in [-0.15, -0.1) is 11.3 Å². The van der Waals surface area contributed by atoms with Gasteiger partial charge in [-0.3, -0.25) is 0 Å². The molecule has 18 heavy (non-hydrogen) atoms. The average Bonchev–Trinajstić information content (AvgIpc) is 2.82. The van der Waals surface area contributed by atoms with Crippen molar-refractivity contribution >= 4 is 17.3 Å². The highest BCUT2D eigenvalue weighted by molar-refractivity contribution is 7.17. The number of rotatable bonds is 1. The summed E-state index contributed by atoms with van der Waals surface area (Å²) in [5, 5.41) is 18.1. The number of nitrogens with zero attached hydrogens (tertiary/aromatic N) is 1. The van der Waals surface area contributed by atoms with Gasteiger partial charge in [-0.25, -0.2) is 4.79 Å². The molecule has 4 heteroatoms. The molecule has 1 aliphatic rings. The van der Waals surface area contributed by atoms with Crippen molar-refractivity contribution in [2.24, 2.45) is 0 Å². The van der Waals surface area contributed by atoms with E-state index in [1.165, 1.54) is 11.3 Å². The van der Waals surface area contributed by atoms with Gasteiger partial charge in [-0.1, -0.05) is 12.1 Å². The normalized spacial score (nSPS) is 12.4. The third kappa shape index (κ3) is 1.52. The van der Waals surface area contributed by atoms with E-state index in [0.717, 1.165) is 34.4 Å². The van der Waals surface area contributed by atoms with Crippen LogP contribution in [-0.2, 0) is 12.8 Å². The second-order valence-corrected chi connectivity index (χ2v) is 5.27. The van der Waals surface area contributed by atoms with E-state index in [-0.39, 0.29) is 0 Å². The number of aromatic carboxylic acids is 1. The van der Waals surface area contributed by atoms with Crippen molar-refractivity contribution in [2.75, 3.05) is 0 Å². The lowest BCUT2D eigenvalue weighted by atomic mass is 9.88. The van der Waals surface area contributed by atoms with Crippen LogP contribution in [0.5, 0.6) is 0 Å². The standard InChI is InChI=1S/C14H9NO2S/c15-7-9-2-1-3-11-10(9)5-4-8-6-12(14(16)17)18-13(8)11/h1-3,6H,4-5H2,(H,16,17). The summed E-state index contributed by atoms with van der Waals surface area (Å²) < 4.78 is 0. The van der Waals surface area contributed by atoms with Crippen LogP contribution in [0.2, 0.25) is 0 Å². The topological polar surface area (TPSA) is 61.1 Å². The van der Waals surface area contributed by atoms with Gasteiger partial charge in [0.1, 0.15) is 4.88 Å². The maximum Gasteiger partial charge on any atom is 0.345 e. The molecule has 0 saturated carbocycles. The Labute approximate surface area is 108 Å². The monoisotopic (exact) mass is 255 g/mol. The molecule has 0 amide bonds. The second-order valence-electron chi connectivity index (χ2n) is 4.21. The number of aryl methyl sites for hydroxylation is 1. The van der Waals surface area contributed by atoms with Gasteiger partial charge < -0.3 is 5.11 Å². The Balaban J connectivity index is 2.23. The van der Waals surface area contributed by atoms with Crippen molar-refractivity contribution in [3.05, 3.63) is 45.8 Å².